The predicted molar refractivity (Wildman–Crippen MR) is 281 cm³/mol. The summed E-state index contributed by atoms with van der Waals surface area (Å²) >= 11 is 18.5. The van der Waals surface area contributed by atoms with E-state index < -0.39 is 46.5 Å². The Bertz CT molecular complexity index is 3110. The summed E-state index contributed by atoms with van der Waals surface area (Å²) in [5.74, 6) is -8.25. The summed E-state index contributed by atoms with van der Waals surface area (Å²) in [6.45, 7) is 4.02. The first-order valence-corrected chi connectivity index (χ1v) is 26.9. The fourth-order valence-electron chi connectivity index (χ4n) is 10.1. The number of ketones is 2. The molecule has 0 bridgehead atoms. The number of aliphatic hydroxyl groups is 2. The molecule has 3 atom stereocenters. The molecule has 2 aliphatic carbocycles. The molecule has 424 valence electrons. The van der Waals surface area contributed by atoms with Gasteiger partial charge in [-0.1, -0.05) is 53.0 Å². The van der Waals surface area contributed by atoms with Crippen LogP contribution in [0.1, 0.15) is 115 Å². The molecule has 13 nitrogen and oxygen atoms in total. The molecule has 3 saturated heterocycles. The van der Waals surface area contributed by atoms with Crippen LogP contribution in [0.3, 0.4) is 0 Å². The highest BCUT2D eigenvalue weighted by Gasteiger charge is 2.44. The van der Waals surface area contributed by atoms with Gasteiger partial charge in [-0.25, -0.2) is 22.4 Å². The first kappa shape index (κ1) is 59.4. The highest BCUT2D eigenvalue weighted by molar-refractivity contribution is 6.38. The van der Waals surface area contributed by atoms with E-state index in [0.717, 1.165) is 43.5 Å². The number of nitrogens with zero attached hydrogens (tertiary/aromatic N) is 3. The topological polar surface area (TPSA) is 180 Å². The van der Waals surface area contributed by atoms with Gasteiger partial charge in [-0.2, -0.15) is 13.2 Å². The van der Waals surface area contributed by atoms with Gasteiger partial charge in [0.25, 0.3) is 5.78 Å². The lowest BCUT2D eigenvalue weighted by Crippen LogP contribution is -2.44. The van der Waals surface area contributed by atoms with Crippen LogP contribution >= 0.6 is 34.8 Å². The Kier molecular flexibility index (Phi) is 18.4. The number of alkyl halides is 7. The second kappa shape index (κ2) is 24.1. The van der Waals surface area contributed by atoms with Crippen molar-refractivity contribution in [2.24, 2.45) is 5.73 Å². The number of fused-ring (bicyclic) bond motifs is 3. The number of ether oxygens (including phenoxy) is 3. The van der Waals surface area contributed by atoms with Crippen LogP contribution in [0.2, 0.25) is 15.1 Å². The van der Waals surface area contributed by atoms with Gasteiger partial charge in [0.15, 0.2) is 5.78 Å². The van der Waals surface area contributed by atoms with E-state index in [-0.39, 0.29) is 111 Å². The quantitative estimate of drug-likeness (QED) is 0.0642. The molecule has 11 rings (SSSR count). The van der Waals surface area contributed by atoms with Gasteiger partial charge in [0.1, 0.15) is 0 Å². The number of hydrogen-bond acceptors (Lipinski definition) is 9. The highest BCUT2D eigenvalue weighted by atomic mass is 35.5. The molecule has 3 aromatic heterocycles. The standard InChI is InChI=1S/C21H24ClF2NO3.C14H11ClF3NO2.C13H12ClNO3.C7H13F2NO/c22-16-2-1-3-17-19(16)15(13-25(17)12-14-5-11-28-14)18(26)4-6-20(27)7-9-21(23,24)10-8-20;15-10-2-1-3-11-12(10)9(13(20)14(16,17)18)7-19(11)6-8-4-5-21-8;14-10-2-1-3-11-12(10)9(13(16)17)7-15(11)6-8-4-5-18-8;8-7(9)3-1-6(11,5-10)2-4-7/h1-3,13-14,27H,4-12H2;1-3,7-8H,4-6H2;1-3,7-8H,4-6H2,(H,16,17);11H,1-5,10H2. The number of carbonyl (C=O) groups is 3. The number of carboxylic acid groups (broad SMARTS) is 1. The fourth-order valence-corrected chi connectivity index (χ4v) is 10.9. The van der Waals surface area contributed by atoms with Crippen molar-refractivity contribution in [3.05, 3.63) is 105 Å². The molecule has 3 unspecified atom stereocenters. The van der Waals surface area contributed by atoms with Crippen LogP contribution in [0, 0.1) is 0 Å². The average molecular weight is 1160 g/mol. The monoisotopic (exact) mass is 1160 g/mol. The van der Waals surface area contributed by atoms with E-state index in [4.69, 9.17) is 54.7 Å². The normalized spacial score (nSPS) is 21.8. The molecular formula is C55H60Cl3F7N4O9. The van der Waals surface area contributed by atoms with Gasteiger partial charge in [0, 0.05) is 118 Å². The van der Waals surface area contributed by atoms with E-state index in [1.165, 1.54) is 12.3 Å². The van der Waals surface area contributed by atoms with Crippen molar-refractivity contribution in [1.82, 2.24) is 13.7 Å². The molecule has 6 heterocycles. The number of carboxylic acids is 1. The largest absolute Gasteiger partial charge is 0.478 e. The molecule has 0 amide bonds. The van der Waals surface area contributed by atoms with E-state index in [2.05, 4.69) is 0 Å². The number of aromatic nitrogens is 3. The number of benzene rings is 3. The number of halogens is 10. The van der Waals surface area contributed by atoms with Crippen molar-refractivity contribution < 1.29 is 74.6 Å². The van der Waals surface area contributed by atoms with Gasteiger partial charge in [0.2, 0.25) is 11.8 Å². The smallest absolute Gasteiger partial charge is 0.454 e. The van der Waals surface area contributed by atoms with E-state index in [0.29, 0.717) is 58.1 Å². The SMILES string of the molecule is NCC1(O)CCC(F)(F)CC1.O=C(CCC1(O)CCC(F)(F)CC1)c1cn(CC2CCO2)c2cccc(Cl)c12.O=C(O)c1cn(CC2CCO2)c2cccc(Cl)c12.O=C(c1cn(CC2CCO2)c2cccc(Cl)c12)C(F)(F)F. The third-order valence-corrected chi connectivity index (χ3v) is 16.1. The van der Waals surface area contributed by atoms with Crippen LogP contribution in [-0.2, 0) is 33.8 Å². The van der Waals surface area contributed by atoms with E-state index in [1.807, 2.05) is 33.4 Å². The number of carbonyl (C=O) groups excluding carboxylic acids is 2. The zero-order chi connectivity index (χ0) is 56.4. The number of Topliss-reactive ketones (excluding diaryl/α,β-unsaturated/α-hetero) is 2. The summed E-state index contributed by atoms with van der Waals surface area (Å²) in [5.41, 5.74) is 5.58. The average Bonchev–Trinajstić information content (AvgIpc) is 4.14. The summed E-state index contributed by atoms with van der Waals surface area (Å²) in [5, 5.41) is 31.8. The van der Waals surface area contributed by atoms with Crippen LogP contribution < -0.4 is 5.73 Å². The Morgan fingerprint density at radius 2 is 0.923 bits per heavy atom. The maximum absolute atomic E-state index is 13.4. The Hall–Kier alpha value is -4.77. The van der Waals surface area contributed by atoms with Crippen LogP contribution in [0.25, 0.3) is 32.7 Å². The molecule has 0 radical (unpaired) electrons. The molecule has 3 aliphatic heterocycles. The van der Waals surface area contributed by atoms with Gasteiger partial charge < -0.3 is 49.0 Å². The molecular weight excluding hydrogens is 1100 g/mol. The van der Waals surface area contributed by atoms with Gasteiger partial charge in [-0.05, 0) is 87.8 Å². The molecule has 23 heteroatoms. The maximum atomic E-state index is 13.4. The Morgan fingerprint density at radius 1 is 0.577 bits per heavy atom. The van der Waals surface area contributed by atoms with Crippen molar-refractivity contribution in [1.29, 1.82) is 0 Å². The number of hydrogen-bond donors (Lipinski definition) is 4. The maximum Gasteiger partial charge on any atom is 0.454 e. The number of nitrogens with two attached hydrogens (primary N) is 1. The third-order valence-electron chi connectivity index (χ3n) is 15.2. The Morgan fingerprint density at radius 3 is 1.27 bits per heavy atom. The minimum absolute atomic E-state index is 0.0226. The molecule has 5 aliphatic rings. The second-order valence-electron chi connectivity index (χ2n) is 20.8. The zero-order valence-electron chi connectivity index (χ0n) is 42.3. The highest BCUT2D eigenvalue weighted by Crippen LogP contribution is 2.42. The van der Waals surface area contributed by atoms with E-state index >= 15 is 0 Å². The van der Waals surface area contributed by atoms with Crippen molar-refractivity contribution >= 4 is 85.0 Å². The lowest BCUT2D eigenvalue weighted by atomic mass is 9.79. The van der Waals surface area contributed by atoms with E-state index in [9.17, 15) is 60.4 Å². The number of aromatic carboxylic acids is 1. The first-order valence-electron chi connectivity index (χ1n) is 25.7. The summed E-state index contributed by atoms with van der Waals surface area (Å²) in [4.78, 5) is 35.8. The summed E-state index contributed by atoms with van der Waals surface area (Å²) in [6.07, 6.45) is 2.33. The Balaban J connectivity index is 0.000000144. The number of rotatable bonds is 13. The molecule has 5 fully saturated rings. The summed E-state index contributed by atoms with van der Waals surface area (Å²) in [7, 11) is 0. The van der Waals surface area contributed by atoms with Crippen LogP contribution in [0.15, 0.2) is 73.2 Å². The van der Waals surface area contributed by atoms with Crippen LogP contribution in [0.5, 0.6) is 0 Å². The minimum Gasteiger partial charge on any atom is -0.478 e. The molecule has 3 aromatic carbocycles. The van der Waals surface area contributed by atoms with Crippen molar-refractivity contribution in [3.63, 3.8) is 0 Å². The summed E-state index contributed by atoms with van der Waals surface area (Å²) in [6, 6.07) is 15.7. The van der Waals surface area contributed by atoms with Crippen LogP contribution in [0.4, 0.5) is 30.7 Å². The molecule has 2 saturated carbocycles. The van der Waals surface area contributed by atoms with E-state index in [1.54, 1.807) is 41.2 Å². The first-order chi connectivity index (χ1) is 36.8. The second-order valence-corrected chi connectivity index (χ2v) is 22.0. The van der Waals surface area contributed by atoms with Crippen LogP contribution in [-0.4, -0.2) is 120 Å². The van der Waals surface area contributed by atoms with Gasteiger partial charge >= 0.3 is 12.1 Å². The lowest BCUT2D eigenvalue weighted by Gasteiger charge is -2.35. The Labute approximate surface area is 459 Å². The van der Waals surface area contributed by atoms with Gasteiger partial charge in [-0.15, -0.1) is 0 Å². The van der Waals surface area contributed by atoms with Crippen molar-refractivity contribution in [2.45, 2.75) is 151 Å². The molecule has 0 spiro atoms. The van der Waals surface area contributed by atoms with Gasteiger partial charge in [-0.3, -0.25) is 9.59 Å². The fraction of sp³-hybridized carbons (Fsp3) is 0.509. The van der Waals surface area contributed by atoms with Crippen molar-refractivity contribution in [3.8, 4) is 0 Å². The molecule has 5 N–H and O–H groups in total. The van der Waals surface area contributed by atoms with Crippen molar-refractivity contribution in [2.75, 3.05) is 26.4 Å². The molecule has 6 aromatic rings. The zero-order valence-corrected chi connectivity index (χ0v) is 44.6. The predicted octanol–water partition coefficient (Wildman–Crippen LogP) is 12.5. The third kappa shape index (κ3) is 14.0. The summed E-state index contributed by atoms with van der Waals surface area (Å²) < 4.78 is 112. The minimum atomic E-state index is -4.93. The molecule has 78 heavy (non-hydrogen) atoms. The van der Waals surface area contributed by atoms with Gasteiger partial charge in [0.05, 0.1) is 72.3 Å². The lowest BCUT2D eigenvalue weighted by molar-refractivity contribution is -0.105.